The van der Waals surface area contributed by atoms with Crippen molar-refractivity contribution in [2.24, 2.45) is 5.92 Å². The second-order valence-electron chi connectivity index (χ2n) is 10.4. The first-order valence-corrected chi connectivity index (χ1v) is 15.6. The summed E-state index contributed by atoms with van der Waals surface area (Å²) in [6.07, 6.45) is 3.94. The topological polar surface area (TPSA) is 120 Å². The van der Waals surface area contributed by atoms with Crippen LogP contribution in [0.4, 0.5) is 15.9 Å². The van der Waals surface area contributed by atoms with Gasteiger partial charge in [-0.05, 0) is 56.0 Å². The number of halogens is 2. The zero-order chi connectivity index (χ0) is 29.7. The number of pyridine rings is 1. The average molecular weight is 608 g/mol. The number of Topliss-reactive ketones (excluding diaryl/α,β-unsaturated/α-hetero) is 1. The van der Waals surface area contributed by atoms with Crippen LogP contribution in [0.5, 0.6) is 0 Å². The molecule has 3 heterocycles. The summed E-state index contributed by atoms with van der Waals surface area (Å²) in [5.74, 6) is -1.23. The normalized spacial score (nSPS) is 16.2. The molecule has 2 saturated heterocycles. The molecule has 41 heavy (non-hydrogen) atoms. The average Bonchev–Trinajstić information content (AvgIpc) is 3.36. The molecule has 1 aromatic carbocycles. The lowest BCUT2D eigenvalue weighted by Gasteiger charge is -2.33. The Morgan fingerprint density at radius 1 is 1.17 bits per heavy atom. The number of nitrogens with zero attached hydrogens (tertiary/aromatic N) is 4. The van der Waals surface area contributed by atoms with Gasteiger partial charge in [-0.25, -0.2) is 14.1 Å². The molecule has 1 N–H and O–H groups in total. The molecular formula is C28H35ClFN5O5S. The third kappa shape index (κ3) is 7.34. The molecule has 0 spiro atoms. The third-order valence-corrected chi connectivity index (χ3v) is 9.22. The number of aromatic nitrogens is 1. The van der Waals surface area contributed by atoms with E-state index in [-0.39, 0.29) is 23.9 Å². The van der Waals surface area contributed by atoms with Crippen LogP contribution in [-0.4, -0.2) is 62.6 Å². The van der Waals surface area contributed by atoms with Crippen LogP contribution >= 0.6 is 11.6 Å². The SMILES string of the molecule is CCCCC(=O)c1cc(Cl)c(N2CCC(C(=O)NS(=O)(=O)N(C)c3ccc(F)cc3)CC2)nc1CN1CCCC1=O. The predicted molar refractivity (Wildman–Crippen MR) is 155 cm³/mol. The van der Waals surface area contributed by atoms with Crippen LogP contribution < -0.4 is 13.9 Å². The highest BCUT2D eigenvalue weighted by Gasteiger charge is 2.32. The van der Waals surface area contributed by atoms with Crippen molar-refractivity contribution < 1.29 is 27.2 Å². The Morgan fingerprint density at radius 3 is 2.46 bits per heavy atom. The molecule has 0 aliphatic carbocycles. The van der Waals surface area contributed by atoms with Gasteiger partial charge in [0.15, 0.2) is 5.78 Å². The van der Waals surface area contributed by atoms with E-state index in [9.17, 15) is 27.2 Å². The maximum atomic E-state index is 13.2. The van der Waals surface area contributed by atoms with Gasteiger partial charge in [-0.1, -0.05) is 24.9 Å². The second kappa shape index (κ2) is 13.2. The zero-order valence-electron chi connectivity index (χ0n) is 23.2. The van der Waals surface area contributed by atoms with Crippen molar-refractivity contribution in [2.75, 3.05) is 35.9 Å². The molecule has 0 saturated carbocycles. The Labute approximate surface area is 245 Å². The van der Waals surface area contributed by atoms with Crippen LogP contribution in [0.3, 0.4) is 0 Å². The van der Waals surface area contributed by atoms with E-state index in [1.807, 2.05) is 11.8 Å². The molecule has 4 rings (SSSR count). The molecule has 0 bridgehead atoms. The molecule has 2 aliphatic rings. The minimum Gasteiger partial charge on any atom is -0.355 e. The molecule has 10 nitrogen and oxygen atoms in total. The van der Waals surface area contributed by atoms with Crippen LogP contribution in [0.1, 0.15) is 67.9 Å². The molecule has 0 atom stereocenters. The molecular weight excluding hydrogens is 573 g/mol. The van der Waals surface area contributed by atoms with E-state index in [1.54, 1.807) is 11.0 Å². The van der Waals surface area contributed by atoms with E-state index in [0.29, 0.717) is 67.4 Å². The molecule has 222 valence electrons. The van der Waals surface area contributed by atoms with Gasteiger partial charge in [0.05, 0.1) is 22.9 Å². The molecule has 1 aromatic heterocycles. The number of amides is 2. The Kier molecular flexibility index (Phi) is 9.85. The lowest BCUT2D eigenvalue weighted by Crippen LogP contribution is -2.47. The van der Waals surface area contributed by atoms with Crippen LogP contribution in [0.25, 0.3) is 0 Å². The lowest BCUT2D eigenvalue weighted by atomic mass is 9.96. The first-order chi connectivity index (χ1) is 19.5. The summed E-state index contributed by atoms with van der Waals surface area (Å²) in [7, 11) is -2.91. The van der Waals surface area contributed by atoms with Crippen molar-refractivity contribution >= 4 is 50.9 Å². The van der Waals surface area contributed by atoms with E-state index >= 15 is 0 Å². The van der Waals surface area contributed by atoms with Gasteiger partial charge in [0.2, 0.25) is 11.8 Å². The van der Waals surface area contributed by atoms with Crippen molar-refractivity contribution in [3.8, 4) is 0 Å². The van der Waals surface area contributed by atoms with Crippen molar-refractivity contribution in [2.45, 2.75) is 58.4 Å². The summed E-state index contributed by atoms with van der Waals surface area (Å²) in [5.41, 5.74) is 1.15. The van der Waals surface area contributed by atoms with Gasteiger partial charge in [0.1, 0.15) is 11.6 Å². The highest BCUT2D eigenvalue weighted by atomic mass is 35.5. The summed E-state index contributed by atoms with van der Waals surface area (Å²) in [6, 6.07) is 6.53. The smallest absolute Gasteiger partial charge is 0.325 e. The highest BCUT2D eigenvalue weighted by molar-refractivity contribution is 7.91. The zero-order valence-corrected chi connectivity index (χ0v) is 24.8. The number of benzene rings is 1. The van der Waals surface area contributed by atoms with E-state index in [4.69, 9.17) is 16.6 Å². The van der Waals surface area contributed by atoms with Crippen LogP contribution in [-0.2, 0) is 26.3 Å². The minimum absolute atomic E-state index is 0.0297. The Balaban J connectivity index is 1.45. The number of carbonyl (C=O) groups excluding carboxylic acids is 3. The maximum Gasteiger partial charge on any atom is 0.325 e. The fraction of sp³-hybridized carbons (Fsp3) is 0.500. The number of rotatable bonds is 11. The molecule has 2 aliphatic heterocycles. The Bertz CT molecular complexity index is 1400. The maximum absolute atomic E-state index is 13.2. The van der Waals surface area contributed by atoms with Crippen LogP contribution in [0, 0.1) is 11.7 Å². The number of hydrogen-bond acceptors (Lipinski definition) is 7. The number of hydrogen-bond donors (Lipinski definition) is 1. The number of likely N-dealkylation sites (tertiary alicyclic amines) is 1. The largest absolute Gasteiger partial charge is 0.355 e. The third-order valence-electron chi connectivity index (χ3n) is 7.55. The summed E-state index contributed by atoms with van der Waals surface area (Å²) >= 11 is 6.62. The fourth-order valence-electron chi connectivity index (χ4n) is 5.05. The first kappa shape index (κ1) is 30.7. The van der Waals surface area contributed by atoms with Gasteiger partial charge in [-0.15, -0.1) is 0 Å². The van der Waals surface area contributed by atoms with Gasteiger partial charge in [0, 0.05) is 51.0 Å². The lowest BCUT2D eigenvalue weighted by molar-refractivity contribution is -0.128. The van der Waals surface area contributed by atoms with Gasteiger partial charge >= 0.3 is 10.2 Å². The monoisotopic (exact) mass is 607 g/mol. The molecule has 2 fully saturated rings. The summed E-state index contributed by atoms with van der Waals surface area (Å²) in [5, 5.41) is 0.313. The number of unbranched alkanes of at least 4 members (excludes halogenated alkanes) is 1. The van der Waals surface area contributed by atoms with Crippen molar-refractivity contribution in [3.05, 3.63) is 52.4 Å². The molecule has 2 amide bonds. The quantitative estimate of drug-likeness (QED) is 0.382. The van der Waals surface area contributed by atoms with E-state index in [0.717, 1.165) is 35.7 Å². The summed E-state index contributed by atoms with van der Waals surface area (Å²) < 4.78 is 41.8. The van der Waals surface area contributed by atoms with Crippen molar-refractivity contribution in [1.29, 1.82) is 0 Å². The number of carbonyl (C=O) groups is 3. The number of nitrogens with one attached hydrogen (secondary N) is 1. The first-order valence-electron chi connectivity index (χ1n) is 13.8. The van der Waals surface area contributed by atoms with Crippen LogP contribution in [0.15, 0.2) is 30.3 Å². The van der Waals surface area contributed by atoms with Crippen molar-refractivity contribution in [3.63, 3.8) is 0 Å². The van der Waals surface area contributed by atoms with Gasteiger partial charge < -0.3 is 9.80 Å². The Morgan fingerprint density at radius 2 is 1.85 bits per heavy atom. The molecule has 2 aromatic rings. The Hall–Kier alpha value is -3.25. The summed E-state index contributed by atoms with van der Waals surface area (Å²) in [4.78, 5) is 46.5. The molecule has 0 unspecified atom stereocenters. The highest BCUT2D eigenvalue weighted by Crippen LogP contribution is 2.32. The fourth-order valence-corrected chi connectivity index (χ4v) is 6.27. The number of piperidine rings is 1. The number of ketones is 1. The van der Waals surface area contributed by atoms with Gasteiger partial charge in [-0.2, -0.15) is 8.42 Å². The second-order valence-corrected chi connectivity index (χ2v) is 12.5. The van der Waals surface area contributed by atoms with Gasteiger partial charge in [-0.3, -0.25) is 18.7 Å². The minimum atomic E-state index is -4.19. The number of anilines is 2. The van der Waals surface area contributed by atoms with E-state index in [2.05, 4.69) is 4.72 Å². The van der Waals surface area contributed by atoms with Gasteiger partial charge in [0.25, 0.3) is 0 Å². The van der Waals surface area contributed by atoms with E-state index in [1.165, 1.54) is 19.2 Å². The molecule has 13 heteroatoms. The van der Waals surface area contributed by atoms with Crippen LogP contribution in [0.2, 0.25) is 5.02 Å². The molecule has 0 radical (unpaired) electrons. The van der Waals surface area contributed by atoms with Crippen molar-refractivity contribution in [1.82, 2.24) is 14.6 Å². The summed E-state index contributed by atoms with van der Waals surface area (Å²) in [6.45, 7) is 3.64. The predicted octanol–water partition coefficient (Wildman–Crippen LogP) is 4.08. The standard InChI is InChI=1S/C28H35ClFN5O5S/c1-3-4-6-25(36)22-17-23(29)27(31-24(22)18-35-14-5-7-26(35)37)34-15-12-19(13-16-34)28(38)32-41(39,40)33(2)21-10-8-20(30)9-11-21/h8-11,17,19H,3-7,12-16,18H2,1-2H3,(H,32,38). The van der Waals surface area contributed by atoms with E-state index < -0.39 is 27.9 Å².